The molecule has 1 saturated heterocycles. The molecule has 1 aliphatic heterocycles. The van der Waals surface area contributed by atoms with E-state index < -0.39 is 0 Å². The molecule has 1 amide bonds. The number of hydrogen-bond donors (Lipinski definition) is 2. The van der Waals surface area contributed by atoms with Gasteiger partial charge in [-0.25, -0.2) is 4.68 Å². The van der Waals surface area contributed by atoms with Crippen LogP contribution in [0.5, 0.6) is 0 Å². The quantitative estimate of drug-likeness (QED) is 0.839. The van der Waals surface area contributed by atoms with Crippen LogP contribution >= 0.6 is 0 Å². The molecule has 0 saturated carbocycles. The molecule has 0 aliphatic carbocycles. The number of rotatable bonds is 6. The second-order valence-corrected chi connectivity index (χ2v) is 7.18. The highest BCUT2D eigenvalue weighted by Crippen LogP contribution is 2.14. The summed E-state index contributed by atoms with van der Waals surface area (Å²) in [6, 6.07) is 7.20. The number of amides is 1. The number of carbonyl (C=O) groups is 1. The summed E-state index contributed by atoms with van der Waals surface area (Å²) < 4.78 is 1.42. The van der Waals surface area contributed by atoms with Gasteiger partial charge in [0, 0.05) is 18.5 Å². The minimum absolute atomic E-state index is 0.141. The molecule has 1 aromatic carbocycles. The molecule has 3 rings (SSSR count). The smallest absolute Gasteiger partial charge is 0.274 e. The first-order chi connectivity index (χ1) is 12.1. The summed E-state index contributed by atoms with van der Waals surface area (Å²) in [4.78, 5) is 25.3. The molecular formula is C19H26N4O2. The lowest BCUT2D eigenvalue weighted by molar-refractivity contribution is 0.0946. The molecule has 1 aliphatic rings. The summed E-state index contributed by atoms with van der Waals surface area (Å²) in [5, 5.41) is 11.8. The largest absolute Gasteiger partial charge is 0.351 e. The van der Waals surface area contributed by atoms with Gasteiger partial charge < -0.3 is 10.6 Å². The van der Waals surface area contributed by atoms with Crippen molar-refractivity contribution in [3.63, 3.8) is 0 Å². The van der Waals surface area contributed by atoms with Crippen LogP contribution in [-0.4, -0.2) is 35.3 Å². The lowest BCUT2D eigenvalue weighted by Gasteiger charge is -2.13. The summed E-state index contributed by atoms with van der Waals surface area (Å²) in [6.45, 7) is 7.26. The third-order valence-corrected chi connectivity index (χ3v) is 4.62. The van der Waals surface area contributed by atoms with Crippen LogP contribution in [0.4, 0.5) is 0 Å². The summed E-state index contributed by atoms with van der Waals surface area (Å²) in [5.41, 5.74) is 0.193. The highest BCUT2D eigenvalue weighted by molar-refractivity contribution is 6.04. The number of aromatic nitrogens is 2. The fourth-order valence-electron chi connectivity index (χ4n) is 3.31. The highest BCUT2D eigenvalue weighted by atomic mass is 16.2. The molecule has 1 aromatic heterocycles. The van der Waals surface area contributed by atoms with Crippen molar-refractivity contribution < 1.29 is 4.79 Å². The van der Waals surface area contributed by atoms with Gasteiger partial charge in [-0.15, -0.1) is 0 Å². The molecule has 1 atom stereocenters. The first-order valence-electron chi connectivity index (χ1n) is 9.05. The molecule has 25 heavy (non-hydrogen) atoms. The molecule has 134 valence electrons. The van der Waals surface area contributed by atoms with Gasteiger partial charge >= 0.3 is 0 Å². The van der Waals surface area contributed by atoms with Crippen molar-refractivity contribution in [1.29, 1.82) is 0 Å². The average Bonchev–Trinajstić information content (AvgIpc) is 3.10. The minimum Gasteiger partial charge on any atom is -0.351 e. The summed E-state index contributed by atoms with van der Waals surface area (Å²) in [5.74, 6) is 0.691. The van der Waals surface area contributed by atoms with Crippen LogP contribution in [0.25, 0.3) is 10.8 Å². The minimum atomic E-state index is -0.209. The third kappa shape index (κ3) is 4.07. The molecule has 2 N–H and O–H groups in total. The van der Waals surface area contributed by atoms with Crippen LogP contribution in [0.1, 0.15) is 37.2 Å². The first kappa shape index (κ1) is 17.6. The maximum absolute atomic E-state index is 12.7. The van der Waals surface area contributed by atoms with E-state index in [1.165, 1.54) is 4.68 Å². The standard InChI is InChI=1S/C19H26N4O2/c1-13(2)12-23-19(25)16-6-4-3-5-15(16)17(22-23)18(24)21-10-8-14-7-9-20-11-14/h3-6,13-14,20H,7-12H2,1-2H3,(H,21,24). The van der Waals surface area contributed by atoms with Gasteiger partial charge in [-0.05, 0) is 43.8 Å². The summed E-state index contributed by atoms with van der Waals surface area (Å²) in [7, 11) is 0. The van der Waals surface area contributed by atoms with Gasteiger partial charge in [0.25, 0.3) is 11.5 Å². The molecule has 0 bridgehead atoms. The number of nitrogens with zero attached hydrogens (tertiary/aromatic N) is 2. The summed E-state index contributed by atoms with van der Waals surface area (Å²) in [6.07, 6.45) is 2.12. The zero-order chi connectivity index (χ0) is 17.8. The van der Waals surface area contributed by atoms with E-state index in [-0.39, 0.29) is 17.4 Å². The molecule has 0 radical (unpaired) electrons. The fourth-order valence-corrected chi connectivity index (χ4v) is 3.31. The predicted octanol–water partition coefficient (Wildman–Crippen LogP) is 1.78. The van der Waals surface area contributed by atoms with E-state index in [4.69, 9.17) is 0 Å². The Labute approximate surface area is 147 Å². The Morgan fingerprint density at radius 1 is 1.36 bits per heavy atom. The van der Waals surface area contributed by atoms with Gasteiger partial charge in [-0.3, -0.25) is 9.59 Å². The van der Waals surface area contributed by atoms with Crippen molar-refractivity contribution >= 4 is 16.7 Å². The van der Waals surface area contributed by atoms with Crippen LogP contribution in [0.15, 0.2) is 29.1 Å². The first-order valence-corrected chi connectivity index (χ1v) is 9.05. The monoisotopic (exact) mass is 342 g/mol. The van der Waals surface area contributed by atoms with Crippen molar-refractivity contribution in [3.8, 4) is 0 Å². The van der Waals surface area contributed by atoms with Crippen molar-refractivity contribution in [2.45, 2.75) is 33.2 Å². The SMILES string of the molecule is CC(C)Cn1nc(C(=O)NCCC2CCNC2)c2ccccc2c1=O. The third-order valence-electron chi connectivity index (χ3n) is 4.62. The lowest BCUT2D eigenvalue weighted by Crippen LogP contribution is -2.32. The predicted molar refractivity (Wildman–Crippen MR) is 98.8 cm³/mol. The summed E-state index contributed by atoms with van der Waals surface area (Å²) >= 11 is 0. The van der Waals surface area contributed by atoms with Crippen LogP contribution in [0.3, 0.4) is 0 Å². The number of carbonyl (C=O) groups excluding carboxylic acids is 1. The van der Waals surface area contributed by atoms with E-state index in [1.807, 2.05) is 26.0 Å². The van der Waals surface area contributed by atoms with E-state index in [0.717, 1.165) is 25.9 Å². The second kappa shape index (κ2) is 7.78. The van der Waals surface area contributed by atoms with Gasteiger partial charge in [0.05, 0.1) is 5.39 Å². The second-order valence-electron chi connectivity index (χ2n) is 7.18. The molecule has 1 fully saturated rings. The van der Waals surface area contributed by atoms with Gasteiger partial charge in [0.15, 0.2) is 5.69 Å². The van der Waals surface area contributed by atoms with Gasteiger partial charge in [-0.2, -0.15) is 5.10 Å². The van der Waals surface area contributed by atoms with E-state index in [0.29, 0.717) is 35.5 Å². The van der Waals surface area contributed by atoms with Gasteiger partial charge in [0.1, 0.15) is 0 Å². The molecule has 2 heterocycles. The molecule has 6 nitrogen and oxygen atoms in total. The van der Waals surface area contributed by atoms with Gasteiger partial charge in [-0.1, -0.05) is 32.0 Å². The van der Waals surface area contributed by atoms with Crippen LogP contribution in [0, 0.1) is 11.8 Å². The van der Waals surface area contributed by atoms with Crippen molar-refractivity contribution in [2.24, 2.45) is 11.8 Å². The van der Waals surface area contributed by atoms with Gasteiger partial charge in [0.2, 0.25) is 0 Å². The van der Waals surface area contributed by atoms with Crippen molar-refractivity contribution in [1.82, 2.24) is 20.4 Å². The van der Waals surface area contributed by atoms with E-state index in [2.05, 4.69) is 15.7 Å². The fraction of sp³-hybridized carbons (Fsp3) is 0.526. The number of hydrogen-bond acceptors (Lipinski definition) is 4. The number of fused-ring (bicyclic) bond motifs is 1. The Morgan fingerprint density at radius 3 is 2.80 bits per heavy atom. The average molecular weight is 342 g/mol. The number of nitrogens with one attached hydrogen (secondary N) is 2. The van der Waals surface area contributed by atoms with Crippen LogP contribution in [0.2, 0.25) is 0 Å². The normalized spacial score (nSPS) is 17.3. The topological polar surface area (TPSA) is 76.0 Å². The lowest BCUT2D eigenvalue weighted by atomic mass is 10.1. The molecule has 2 aromatic rings. The van der Waals surface area contributed by atoms with E-state index in [1.54, 1.807) is 12.1 Å². The Hall–Kier alpha value is -2.21. The number of benzene rings is 1. The Morgan fingerprint density at radius 2 is 2.12 bits per heavy atom. The molecular weight excluding hydrogens is 316 g/mol. The van der Waals surface area contributed by atoms with Crippen LogP contribution in [-0.2, 0) is 6.54 Å². The zero-order valence-corrected chi connectivity index (χ0v) is 14.9. The molecule has 1 unspecified atom stereocenters. The van der Waals surface area contributed by atoms with Crippen molar-refractivity contribution in [2.75, 3.05) is 19.6 Å². The maximum Gasteiger partial charge on any atom is 0.274 e. The van der Waals surface area contributed by atoms with Crippen LogP contribution < -0.4 is 16.2 Å². The Bertz CT molecular complexity index is 807. The van der Waals surface area contributed by atoms with E-state index in [9.17, 15) is 9.59 Å². The Kier molecular flexibility index (Phi) is 5.48. The molecule has 6 heteroatoms. The highest BCUT2D eigenvalue weighted by Gasteiger charge is 2.18. The van der Waals surface area contributed by atoms with Crippen molar-refractivity contribution in [3.05, 3.63) is 40.3 Å². The Balaban J connectivity index is 1.84. The van der Waals surface area contributed by atoms with E-state index >= 15 is 0 Å². The zero-order valence-electron chi connectivity index (χ0n) is 14.9. The molecule has 0 spiro atoms. The maximum atomic E-state index is 12.7.